The molecule has 0 radical (unpaired) electrons. The number of phenols is 1. The molecule has 2 unspecified atom stereocenters. The summed E-state index contributed by atoms with van der Waals surface area (Å²) in [4.78, 5) is 15.6. The Bertz CT molecular complexity index is 1080. The summed E-state index contributed by atoms with van der Waals surface area (Å²) in [5.41, 5.74) is 2.45. The van der Waals surface area contributed by atoms with Crippen molar-refractivity contribution < 1.29 is 14.6 Å². The maximum atomic E-state index is 13.7. The van der Waals surface area contributed by atoms with Crippen LogP contribution in [0.5, 0.6) is 5.75 Å². The summed E-state index contributed by atoms with van der Waals surface area (Å²) in [7, 11) is 0. The van der Waals surface area contributed by atoms with Crippen molar-refractivity contribution in [2.45, 2.75) is 85.2 Å². The van der Waals surface area contributed by atoms with Crippen LogP contribution in [0.15, 0.2) is 42.5 Å². The molecule has 1 heterocycles. The number of aromatic hydroxyl groups is 1. The second-order valence-electron chi connectivity index (χ2n) is 13.6. The molecule has 0 saturated carbocycles. The van der Waals surface area contributed by atoms with Gasteiger partial charge in [-0.25, -0.2) is 0 Å². The number of hydrogen-bond donors (Lipinski definition) is 2. The highest BCUT2D eigenvalue weighted by atomic mass is 16.5. The normalized spacial score (nSPS) is 18.9. The number of amidine groups is 1. The SMILES string of the molecule is CC(C)(C)OCC1CN(CC(=O)c2cc(C(C)(C)C)c(O)c(C(C)(C)C)c2)C(=N)C1Cc1ccccc1. The van der Waals surface area contributed by atoms with Crippen LogP contribution < -0.4 is 0 Å². The number of carbonyl (C=O) groups is 1. The van der Waals surface area contributed by atoms with Crippen molar-refractivity contribution in [1.29, 1.82) is 5.41 Å². The van der Waals surface area contributed by atoms with Crippen molar-refractivity contribution >= 4 is 11.6 Å². The molecule has 1 aliphatic heterocycles. The van der Waals surface area contributed by atoms with Crippen molar-refractivity contribution in [2.24, 2.45) is 11.8 Å². The molecule has 2 aromatic rings. The fourth-order valence-electron chi connectivity index (χ4n) is 4.98. The highest BCUT2D eigenvalue weighted by molar-refractivity contribution is 6.01. The monoisotopic (exact) mass is 506 g/mol. The van der Waals surface area contributed by atoms with E-state index in [9.17, 15) is 9.90 Å². The molecular formula is C32H46N2O3. The third-order valence-electron chi connectivity index (χ3n) is 7.13. The van der Waals surface area contributed by atoms with Gasteiger partial charge in [-0.1, -0.05) is 71.9 Å². The molecule has 37 heavy (non-hydrogen) atoms. The summed E-state index contributed by atoms with van der Waals surface area (Å²) >= 11 is 0. The van der Waals surface area contributed by atoms with E-state index in [4.69, 9.17) is 10.1 Å². The molecule has 1 saturated heterocycles. The number of benzene rings is 2. The van der Waals surface area contributed by atoms with E-state index in [0.29, 0.717) is 24.6 Å². The van der Waals surface area contributed by atoms with Crippen molar-refractivity contribution in [3.8, 4) is 5.75 Å². The van der Waals surface area contributed by atoms with Crippen LogP contribution in [0.4, 0.5) is 0 Å². The quantitative estimate of drug-likeness (QED) is 0.407. The Morgan fingerprint density at radius 2 is 1.51 bits per heavy atom. The summed E-state index contributed by atoms with van der Waals surface area (Å²) in [5.74, 6) is 0.873. The zero-order chi connectivity index (χ0) is 27.8. The van der Waals surface area contributed by atoms with Gasteiger partial charge in [-0.3, -0.25) is 10.2 Å². The van der Waals surface area contributed by atoms with E-state index in [1.807, 2.05) is 97.5 Å². The Morgan fingerprint density at radius 1 is 0.973 bits per heavy atom. The summed E-state index contributed by atoms with van der Waals surface area (Å²) in [6.07, 6.45) is 0.754. The van der Waals surface area contributed by atoms with Crippen LogP contribution in [0.25, 0.3) is 0 Å². The topological polar surface area (TPSA) is 73.6 Å². The molecule has 0 spiro atoms. The number of rotatable bonds is 7. The van der Waals surface area contributed by atoms with Crippen molar-refractivity contribution in [3.05, 3.63) is 64.7 Å². The van der Waals surface area contributed by atoms with Crippen molar-refractivity contribution in [2.75, 3.05) is 19.7 Å². The Hall–Kier alpha value is -2.66. The average molecular weight is 507 g/mol. The van der Waals surface area contributed by atoms with E-state index in [1.165, 1.54) is 5.56 Å². The molecule has 0 aromatic heterocycles. The van der Waals surface area contributed by atoms with E-state index >= 15 is 0 Å². The van der Waals surface area contributed by atoms with Crippen LogP contribution in [0.3, 0.4) is 0 Å². The van der Waals surface area contributed by atoms with Crippen LogP contribution in [0, 0.1) is 17.2 Å². The van der Waals surface area contributed by atoms with Crippen LogP contribution in [0.1, 0.15) is 89.4 Å². The first-order valence-corrected chi connectivity index (χ1v) is 13.4. The third kappa shape index (κ3) is 7.22. The number of nitrogens with zero attached hydrogens (tertiary/aromatic N) is 1. The first-order chi connectivity index (χ1) is 17.0. The maximum Gasteiger partial charge on any atom is 0.182 e. The fraction of sp³-hybridized carbons (Fsp3) is 0.562. The molecule has 5 nitrogen and oxygen atoms in total. The Morgan fingerprint density at radius 3 is 2.00 bits per heavy atom. The number of hydrogen-bond acceptors (Lipinski definition) is 4. The van der Waals surface area contributed by atoms with Gasteiger partial charge in [0.2, 0.25) is 0 Å². The lowest BCUT2D eigenvalue weighted by molar-refractivity contribution is -0.0258. The molecular weight excluding hydrogens is 460 g/mol. The standard InChI is InChI=1S/C32H46N2O3/c1-30(2,3)25-16-22(17-26(28(25)36)31(4,5)6)27(35)19-34-18-23(20-37-32(7,8)9)24(29(34)33)15-21-13-11-10-12-14-21/h10-14,16-17,23-24,33,36H,15,18-20H2,1-9H3. The van der Waals surface area contributed by atoms with E-state index in [0.717, 1.165) is 17.5 Å². The number of nitrogens with one attached hydrogen (secondary N) is 1. The summed E-state index contributed by atoms with van der Waals surface area (Å²) in [6.45, 7) is 19.7. The zero-order valence-corrected chi connectivity index (χ0v) is 24.2. The molecule has 1 aliphatic rings. The molecule has 0 aliphatic carbocycles. The number of likely N-dealkylation sites (tertiary alicyclic amines) is 1. The first kappa shape index (κ1) is 28.9. The predicted octanol–water partition coefficient (Wildman–Crippen LogP) is 6.75. The van der Waals surface area contributed by atoms with Gasteiger partial charge < -0.3 is 14.7 Å². The van der Waals surface area contributed by atoms with Gasteiger partial charge >= 0.3 is 0 Å². The number of carbonyl (C=O) groups excluding carboxylic acids is 1. The van der Waals surface area contributed by atoms with Crippen LogP contribution in [-0.2, 0) is 22.0 Å². The highest BCUT2D eigenvalue weighted by Crippen LogP contribution is 2.40. The summed E-state index contributed by atoms with van der Waals surface area (Å²) in [5, 5.41) is 20.1. The number of ether oxygens (including phenoxy) is 1. The number of ketones is 1. The summed E-state index contributed by atoms with van der Waals surface area (Å²) < 4.78 is 6.15. The zero-order valence-electron chi connectivity index (χ0n) is 24.2. The Labute approximate surface area is 223 Å². The Balaban J connectivity index is 1.89. The van der Waals surface area contributed by atoms with Gasteiger partial charge in [-0.15, -0.1) is 0 Å². The maximum absolute atomic E-state index is 13.7. The minimum Gasteiger partial charge on any atom is -0.507 e. The van der Waals surface area contributed by atoms with Gasteiger partial charge in [0.25, 0.3) is 0 Å². The second-order valence-corrected chi connectivity index (χ2v) is 13.6. The third-order valence-corrected chi connectivity index (χ3v) is 7.13. The molecule has 2 atom stereocenters. The lowest BCUT2D eigenvalue weighted by atomic mass is 9.78. The number of phenolic OH excluding ortho intramolecular Hbond substituents is 1. The van der Waals surface area contributed by atoms with Gasteiger partial charge in [0.05, 0.1) is 18.8 Å². The van der Waals surface area contributed by atoms with Crippen molar-refractivity contribution in [3.63, 3.8) is 0 Å². The van der Waals surface area contributed by atoms with Gasteiger partial charge in [0.15, 0.2) is 5.78 Å². The molecule has 1 fully saturated rings. The van der Waals surface area contributed by atoms with Crippen LogP contribution in [0.2, 0.25) is 0 Å². The fourth-order valence-corrected chi connectivity index (χ4v) is 4.98. The molecule has 3 rings (SSSR count). The molecule has 0 amide bonds. The molecule has 0 bridgehead atoms. The van der Waals surface area contributed by atoms with E-state index in [-0.39, 0.29) is 46.3 Å². The van der Waals surface area contributed by atoms with Crippen LogP contribution in [-0.4, -0.2) is 46.9 Å². The van der Waals surface area contributed by atoms with Crippen molar-refractivity contribution in [1.82, 2.24) is 4.90 Å². The van der Waals surface area contributed by atoms with E-state index in [1.54, 1.807) is 0 Å². The van der Waals surface area contributed by atoms with E-state index in [2.05, 4.69) is 12.1 Å². The van der Waals surface area contributed by atoms with Gasteiger partial charge in [-0.05, 0) is 55.7 Å². The van der Waals surface area contributed by atoms with Gasteiger partial charge in [0, 0.05) is 35.1 Å². The van der Waals surface area contributed by atoms with Gasteiger partial charge in [0.1, 0.15) is 11.6 Å². The smallest absolute Gasteiger partial charge is 0.182 e. The lowest BCUT2D eigenvalue weighted by Gasteiger charge is -2.28. The molecule has 5 heteroatoms. The lowest BCUT2D eigenvalue weighted by Crippen LogP contribution is -2.33. The minimum atomic E-state index is -0.309. The molecule has 2 N–H and O–H groups in total. The highest BCUT2D eigenvalue weighted by Gasteiger charge is 2.39. The molecule has 2 aromatic carbocycles. The average Bonchev–Trinajstić information content (AvgIpc) is 3.05. The largest absolute Gasteiger partial charge is 0.507 e. The van der Waals surface area contributed by atoms with E-state index < -0.39 is 0 Å². The van der Waals surface area contributed by atoms with Gasteiger partial charge in [-0.2, -0.15) is 0 Å². The summed E-state index contributed by atoms with van der Waals surface area (Å²) in [6, 6.07) is 13.9. The predicted molar refractivity (Wildman–Crippen MR) is 152 cm³/mol. The molecule has 202 valence electrons. The first-order valence-electron chi connectivity index (χ1n) is 13.4. The van der Waals surface area contributed by atoms with Crippen LogP contribution >= 0.6 is 0 Å². The number of Topliss-reactive ketones (excluding diaryl/α,β-unsaturated/α-hetero) is 1. The second kappa shape index (κ2) is 10.6. The Kier molecular flexibility index (Phi) is 8.28. The minimum absolute atomic E-state index is 0.00681.